The summed E-state index contributed by atoms with van der Waals surface area (Å²) in [6.45, 7) is 8.04. The van der Waals surface area contributed by atoms with Crippen molar-refractivity contribution in [1.29, 1.82) is 0 Å². The minimum atomic E-state index is -0.796. The van der Waals surface area contributed by atoms with Gasteiger partial charge in [0.25, 0.3) is 0 Å². The van der Waals surface area contributed by atoms with Crippen molar-refractivity contribution in [2.45, 2.75) is 101 Å². The van der Waals surface area contributed by atoms with Gasteiger partial charge in [-0.15, -0.1) is 11.8 Å². The van der Waals surface area contributed by atoms with Gasteiger partial charge in [-0.25, -0.2) is 0 Å². The molecule has 1 aromatic carbocycles. The van der Waals surface area contributed by atoms with Crippen LogP contribution in [0.5, 0.6) is 0 Å². The first kappa shape index (κ1) is 24.2. The van der Waals surface area contributed by atoms with Gasteiger partial charge >= 0.3 is 0 Å². The molecule has 6 aliphatic rings. The number of thioether (sulfide) groups is 1. The molecule has 36 heavy (non-hydrogen) atoms. The van der Waals surface area contributed by atoms with Crippen LogP contribution in [0.1, 0.15) is 89.2 Å². The first-order valence-electron chi connectivity index (χ1n) is 14.2. The van der Waals surface area contributed by atoms with Crippen molar-refractivity contribution >= 4 is 17.5 Å². The Balaban J connectivity index is 1.34. The molecule has 1 heterocycles. The maximum atomic E-state index is 13.3. The number of hydrogen-bond acceptors (Lipinski definition) is 5. The summed E-state index contributed by atoms with van der Waals surface area (Å²) >= 11 is 1.80. The number of carbonyl (C=O) groups is 1. The van der Waals surface area contributed by atoms with E-state index in [0.717, 1.165) is 51.4 Å². The second kappa shape index (κ2) is 7.61. The van der Waals surface area contributed by atoms with Crippen molar-refractivity contribution in [3.8, 4) is 0 Å². The van der Waals surface area contributed by atoms with Crippen molar-refractivity contribution in [2.75, 3.05) is 19.5 Å². The summed E-state index contributed by atoms with van der Waals surface area (Å²) in [6, 6.07) is 7.03. The molecule has 0 bridgehead atoms. The summed E-state index contributed by atoms with van der Waals surface area (Å²) in [6.07, 6.45) is 10.0. The lowest BCUT2D eigenvalue weighted by Gasteiger charge is -2.69. The molecule has 1 N–H and O–H groups in total. The fourth-order valence-electron chi connectivity index (χ4n) is 10.2. The number of hydrogen-bond donors (Lipinski definition) is 1. The Hall–Kier alpha value is -0.880. The second-order valence-corrected chi connectivity index (χ2v) is 15.2. The van der Waals surface area contributed by atoms with Crippen LogP contribution in [0.3, 0.4) is 0 Å². The minimum Gasteiger partial charge on any atom is -0.389 e. The van der Waals surface area contributed by atoms with E-state index in [9.17, 15) is 9.90 Å². The molecule has 4 nitrogen and oxygen atoms in total. The Labute approximate surface area is 220 Å². The molecule has 2 unspecified atom stereocenters. The zero-order valence-corrected chi connectivity index (χ0v) is 23.2. The average molecular weight is 511 g/mol. The van der Waals surface area contributed by atoms with Gasteiger partial charge in [0.15, 0.2) is 5.79 Å². The van der Waals surface area contributed by atoms with Crippen LogP contribution in [-0.4, -0.2) is 41.7 Å². The third kappa shape index (κ3) is 3.09. The van der Waals surface area contributed by atoms with E-state index in [0.29, 0.717) is 49.1 Å². The predicted octanol–water partition coefficient (Wildman–Crippen LogP) is 6.13. The molecular weight excluding hydrogens is 468 g/mol. The molecule has 7 rings (SSSR count). The van der Waals surface area contributed by atoms with E-state index in [1.54, 1.807) is 11.8 Å². The van der Waals surface area contributed by atoms with Gasteiger partial charge in [-0.05, 0) is 91.7 Å². The highest BCUT2D eigenvalue weighted by Crippen LogP contribution is 2.73. The van der Waals surface area contributed by atoms with Crippen molar-refractivity contribution in [1.82, 2.24) is 0 Å². The van der Waals surface area contributed by atoms with Gasteiger partial charge in [0.1, 0.15) is 5.78 Å². The van der Waals surface area contributed by atoms with E-state index in [2.05, 4.69) is 45.2 Å². The predicted molar refractivity (Wildman–Crippen MR) is 141 cm³/mol. The van der Waals surface area contributed by atoms with Gasteiger partial charge in [0.05, 0.1) is 18.8 Å². The number of carbonyl (C=O) groups excluding carboxylic acids is 1. The number of benzene rings is 1. The molecule has 4 saturated carbocycles. The third-order valence-electron chi connectivity index (χ3n) is 11.9. The Kier molecular flexibility index (Phi) is 5.11. The van der Waals surface area contributed by atoms with Crippen LogP contribution in [0, 0.1) is 34.0 Å². The number of Topliss-reactive ketones (excluding diaryl/α,β-unsaturated/α-hetero) is 1. The Morgan fingerprint density at radius 3 is 2.58 bits per heavy atom. The van der Waals surface area contributed by atoms with Crippen molar-refractivity contribution in [2.24, 2.45) is 34.0 Å². The maximum Gasteiger partial charge on any atom is 0.171 e. The Morgan fingerprint density at radius 1 is 1.06 bits per heavy atom. The van der Waals surface area contributed by atoms with Crippen LogP contribution in [0.4, 0.5) is 0 Å². The van der Waals surface area contributed by atoms with Crippen LogP contribution < -0.4 is 0 Å². The molecule has 1 aliphatic heterocycles. The van der Waals surface area contributed by atoms with E-state index in [-0.39, 0.29) is 16.2 Å². The largest absolute Gasteiger partial charge is 0.389 e. The van der Waals surface area contributed by atoms with E-state index in [1.807, 2.05) is 0 Å². The summed E-state index contributed by atoms with van der Waals surface area (Å²) in [4.78, 5) is 14.6. The zero-order chi connectivity index (χ0) is 25.1. The lowest BCUT2D eigenvalue weighted by atomic mass is 9.37. The van der Waals surface area contributed by atoms with Gasteiger partial charge < -0.3 is 14.6 Å². The molecule has 0 radical (unpaired) electrons. The number of aliphatic hydroxyl groups is 1. The van der Waals surface area contributed by atoms with Crippen LogP contribution in [0.2, 0.25) is 0 Å². The van der Waals surface area contributed by atoms with E-state index in [4.69, 9.17) is 9.47 Å². The fraction of sp³-hybridized carbons (Fsp3) is 0.774. The van der Waals surface area contributed by atoms with Gasteiger partial charge in [-0.3, -0.25) is 4.79 Å². The minimum absolute atomic E-state index is 0.0204. The topological polar surface area (TPSA) is 55.8 Å². The normalized spacial score (nSPS) is 46.0. The van der Waals surface area contributed by atoms with Gasteiger partial charge in [0, 0.05) is 40.4 Å². The van der Waals surface area contributed by atoms with Crippen molar-refractivity contribution in [3.05, 3.63) is 29.3 Å². The lowest BCUT2D eigenvalue weighted by Crippen LogP contribution is -2.70. The number of fused-ring (bicyclic) bond motifs is 4. The molecule has 7 atom stereocenters. The van der Waals surface area contributed by atoms with Crippen LogP contribution in [0.25, 0.3) is 0 Å². The third-order valence-corrected chi connectivity index (χ3v) is 12.6. The molecule has 5 aliphatic carbocycles. The molecule has 1 saturated heterocycles. The second-order valence-electron chi connectivity index (χ2n) is 14.3. The molecule has 2 spiro atoms. The summed E-state index contributed by atoms with van der Waals surface area (Å²) in [5.74, 6) is 1.62. The summed E-state index contributed by atoms with van der Waals surface area (Å²) < 4.78 is 13.0. The zero-order valence-electron chi connectivity index (χ0n) is 22.4. The van der Waals surface area contributed by atoms with Crippen LogP contribution in [0.15, 0.2) is 23.1 Å². The Bertz CT molecular complexity index is 1100. The standard InChI is InChI=1S/C31H42O4S/c1-27(2)17-34-31(35-18-27)12-11-29-14-19-13-20(36-4)5-6-21(19)23-15-28(3)24(7-8-25(28)32)22(26(23)29)9-10-30(29,33)16-31/h5-6,13,22-24,26,33H,7-12,14-18H2,1-4H3/t22-,23?,24-,26?,28-,29-,30+/m0/s1. The summed E-state index contributed by atoms with van der Waals surface area (Å²) in [7, 11) is 0. The van der Waals surface area contributed by atoms with Crippen molar-refractivity contribution < 1.29 is 19.4 Å². The average Bonchev–Trinajstić information content (AvgIpc) is 3.15. The van der Waals surface area contributed by atoms with Crippen LogP contribution in [-0.2, 0) is 20.7 Å². The fourth-order valence-corrected chi connectivity index (χ4v) is 10.6. The molecule has 5 heteroatoms. The van der Waals surface area contributed by atoms with E-state index in [1.165, 1.54) is 16.0 Å². The molecular formula is C31H42O4S. The highest BCUT2D eigenvalue weighted by Gasteiger charge is 2.72. The van der Waals surface area contributed by atoms with Gasteiger partial charge in [0.2, 0.25) is 0 Å². The molecule has 0 aromatic heterocycles. The van der Waals surface area contributed by atoms with Crippen molar-refractivity contribution in [3.63, 3.8) is 0 Å². The molecule has 1 aromatic rings. The SMILES string of the molecule is CSc1ccc2c(c1)C[C@]13CCC4(C[C@]1(O)CC[C@@H]1C3C2C[C@]2(C)C(=O)CC[C@@H]12)OCC(C)(C)CO4. The molecule has 0 amide bonds. The van der Waals surface area contributed by atoms with Gasteiger partial charge in [-0.1, -0.05) is 26.8 Å². The highest BCUT2D eigenvalue weighted by atomic mass is 32.2. The monoisotopic (exact) mass is 510 g/mol. The smallest absolute Gasteiger partial charge is 0.171 e. The van der Waals surface area contributed by atoms with E-state index < -0.39 is 11.4 Å². The summed E-state index contributed by atoms with van der Waals surface area (Å²) in [5, 5.41) is 12.8. The first-order valence-corrected chi connectivity index (χ1v) is 15.5. The highest BCUT2D eigenvalue weighted by molar-refractivity contribution is 7.98. The van der Waals surface area contributed by atoms with Crippen LogP contribution >= 0.6 is 11.8 Å². The maximum absolute atomic E-state index is 13.3. The number of rotatable bonds is 1. The molecule has 5 fully saturated rings. The quantitative estimate of drug-likeness (QED) is 0.460. The number of ketones is 1. The molecule has 196 valence electrons. The Morgan fingerprint density at radius 2 is 1.83 bits per heavy atom. The van der Waals surface area contributed by atoms with E-state index >= 15 is 0 Å². The lowest BCUT2D eigenvalue weighted by molar-refractivity contribution is -0.357. The number of ether oxygens (including phenoxy) is 2. The summed E-state index contributed by atoms with van der Waals surface area (Å²) in [5.41, 5.74) is 1.73. The van der Waals surface area contributed by atoms with Gasteiger partial charge in [-0.2, -0.15) is 0 Å². The first-order chi connectivity index (χ1) is 17.0.